The second-order valence-corrected chi connectivity index (χ2v) is 3.59. The minimum atomic E-state index is -2.71. The molecule has 0 heterocycles. The molecule has 0 aromatic rings. The summed E-state index contributed by atoms with van der Waals surface area (Å²) in [6, 6.07) is -1.59. The van der Waals surface area contributed by atoms with E-state index in [9.17, 15) is 18.9 Å². The number of amides is 1. The van der Waals surface area contributed by atoms with Crippen LogP contribution in [-0.2, 0) is 18.9 Å². The van der Waals surface area contributed by atoms with Crippen LogP contribution in [0.1, 0.15) is 6.42 Å². The normalized spacial score (nSPS) is 12.7. The van der Waals surface area contributed by atoms with Crippen LogP contribution in [0.2, 0.25) is 0 Å². The highest BCUT2D eigenvalue weighted by Crippen LogP contribution is 2.10. The summed E-state index contributed by atoms with van der Waals surface area (Å²) in [6.07, 6.45) is -1.54. The van der Waals surface area contributed by atoms with E-state index in [4.69, 9.17) is 15.1 Å². The maximum absolute atomic E-state index is 10.8. The van der Waals surface area contributed by atoms with Gasteiger partial charge in [0.15, 0.2) is 0 Å². The Morgan fingerprint density at radius 3 is 2.13 bits per heavy atom. The van der Waals surface area contributed by atoms with E-state index in [-0.39, 0.29) is 0 Å². The zero-order chi connectivity index (χ0) is 12.0. The SMILES string of the molecule is O=C(O)C[C@H](NC(=O)C[P+](=O)O)C(=O)O. The molecule has 4 N–H and O–H groups in total. The first kappa shape index (κ1) is 13.5. The fraction of sp³-hybridized carbons (Fsp3) is 0.500. The van der Waals surface area contributed by atoms with Crippen LogP contribution in [0, 0.1) is 0 Å². The quantitative estimate of drug-likeness (QED) is 0.424. The maximum Gasteiger partial charge on any atom is 0.515 e. The third-order valence-corrected chi connectivity index (χ3v) is 1.85. The predicted octanol–water partition coefficient (Wildman–Crippen LogP) is -1.23. The van der Waals surface area contributed by atoms with E-state index in [1.165, 1.54) is 0 Å². The van der Waals surface area contributed by atoms with Crippen LogP contribution in [0.4, 0.5) is 0 Å². The van der Waals surface area contributed by atoms with E-state index in [1.54, 1.807) is 0 Å². The average Bonchev–Trinajstić information content (AvgIpc) is 1.99. The molecular formula is C6H9NO7P+. The van der Waals surface area contributed by atoms with Crippen LogP contribution < -0.4 is 5.32 Å². The molecule has 0 aliphatic heterocycles. The Morgan fingerprint density at radius 2 is 1.80 bits per heavy atom. The maximum atomic E-state index is 10.8. The Kier molecular flexibility index (Phi) is 5.43. The Balaban J connectivity index is 4.28. The number of nitrogens with one attached hydrogen (secondary N) is 1. The Bertz CT molecular complexity index is 302. The summed E-state index contributed by atoms with van der Waals surface area (Å²) in [6.45, 7) is 0. The third-order valence-electron chi connectivity index (χ3n) is 1.29. The number of carboxylic acid groups (broad SMARTS) is 2. The summed E-state index contributed by atoms with van der Waals surface area (Å²) in [5.74, 6) is -3.89. The molecule has 0 saturated heterocycles. The number of carboxylic acids is 2. The first-order valence-electron chi connectivity index (χ1n) is 3.70. The zero-order valence-electron chi connectivity index (χ0n) is 7.41. The topological polar surface area (TPSA) is 141 Å². The highest BCUT2D eigenvalue weighted by atomic mass is 31.1. The molecule has 0 saturated carbocycles. The van der Waals surface area contributed by atoms with E-state index in [0.717, 1.165) is 0 Å². The van der Waals surface area contributed by atoms with Crippen molar-refractivity contribution in [1.29, 1.82) is 0 Å². The summed E-state index contributed by atoms with van der Waals surface area (Å²) in [4.78, 5) is 39.8. The Hall–Kier alpha value is -1.53. The van der Waals surface area contributed by atoms with Gasteiger partial charge in [-0.05, 0) is 4.57 Å². The number of aliphatic carboxylic acids is 2. The van der Waals surface area contributed by atoms with Gasteiger partial charge in [-0.25, -0.2) is 4.79 Å². The van der Waals surface area contributed by atoms with Gasteiger partial charge in [0.25, 0.3) is 12.1 Å². The zero-order valence-corrected chi connectivity index (χ0v) is 8.31. The van der Waals surface area contributed by atoms with E-state index >= 15 is 0 Å². The van der Waals surface area contributed by atoms with Crippen LogP contribution in [0.15, 0.2) is 0 Å². The summed E-state index contributed by atoms with van der Waals surface area (Å²) in [5, 5.41) is 18.6. The van der Waals surface area contributed by atoms with Gasteiger partial charge in [-0.15, -0.1) is 0 Å². The molecule has 2 atom stereocenters. The molecule has 1 amide bonds. The Labute approximate surface area is 84.8 Å². The van der Waals surface area contributed by atoms with Crippen molar-refractivity contribution in [2.24, 2.45) is 0 Å². The van der Waals surface area contributed by atoms with E-state index in [1.807, 2.05) is 5.32 Å². The van der Waals surface area contributed by atoms with Crippen molar-refractivity contribution in [3.63, 3.8) is 0 Å². The van der Waals surface area contributed by atoms with Crippen LogP contribution in [0.25, 0.3) is 0 Å². The molecule has 9 heteroatoms. The first-order valence-corrected chi connectivity index (χ1v) is 5.10. The fourth-order valence-corrected chi connectivity index (χ4v) is 1.07. The van der Waals surface area contributed by atoms with Crippen molar-refractivity contribution in [1.82, 2.24) is 5.32 Å². The van der Waals surface area contributed by atoms with Crippen LogP contribution >= 0.6 is 8.03 Å². The van der Waals surface area contributed by atoms with Crippen LogP contribution in [0.5, 0.6) is 0 Å². The highest BCUT2D eigenvalue weighted by Gasteiger charge is 2.26. The number of hydrogen-bond donors (Lipinski definition) is 4. The van der Waals surface area contributed by atoms with Crippen molar-refractivity contribution in [3.8, 4) is 0 Å². The van der Waals surface area contributed by atoms with Crippen molar-refractivity contribution in [2.75, 3.05) is 6.16 Å². The standard InChI is InChI=1S/C6H8NO7P/c8-4(2-15(13)14)7-3(6(11)12)1-5(9)10/h3H,1-2H2,(H3-,7,8,9,10,11,12,13,14)/p+1/t3-/m0/s1. The number of carbonyl (C=O) groups excluding carboxylic acids is 1. The molecule has 0 rings (SSSR count). The molecule has 1 unspecified atom stereocenters. The van der Waals surface area contributed by atoms with E-state index in [2.05, 4.69) is 0 Å². The summed E-state index contributed by atoms with van der Waals surface area (Å²) in [5.41, 5.74) is 0. The van der Waals surface area contributed by atoms with Crippen molar-refractivity contribution < 1.29 is 34.1 Å². The van der Waals surface area contributed by atoms with Gasteiger partial charge in [0.1, 0.15) is 6.04 Å². The Morgan fingerprint density at radius 1 is 1.27 bits per heavy atom. The van der Waals surface area contributed by atoms with Crippen molar-refractivity contribution in [3.05, 3.63) is 0 Å². The van der Waals surface area contributed by atoms with Crippen LogP contribution in [0.3, 0.4) is 0 Å². The van der Waals surface area contributed by atoms with Gasteiger partial charge in [0.05, 0.1) is 6.42 Å². The van der Waals surface area contributed by atoms with Gasteiger partial charge < -0.3 is 15.5 Å². The predicted molar refractivity (Wildman–Crippen MR) is 46.5 cm³/mol. The van der Waals surface area contributed by atoms with Gasteiger partial charge in [0, 0.05) is 0 Å². The molecule has 0 aromatic heterocycles. The fourth-order valence-electron chi connectivity index (χ4n) is 0.738. The molecule has 0 bridgehead atoms. The lowest BCUT2D eigenvalue weighted by Crippen LogP contribution is -2.43. The molecule has 8 nitrogen and oxygen atoms in total. The monoisotopic (exact) mass is 238 g/mol. The second-order valence-electron chi connectivity index (χ2n) is 2.57. The van der Waals surface area contributed by atoms with Crippen molar-refractivity contribution in [2.45, 2.75) is 12.5 Å². The number of hydrogen-bond acceptors (Lipinski definition) is 4. The second kappa shape index (κ2) is 6.05. The molecule has 0 aliphatic rings. The third kappa shape index (κ3) is 6.53. The molecular weight excluding hydrogens is 229 g/mol. The molecule has 0 radical (unpaired) electrons. The van der Waals surface area contributed by atoms with E-state index in [0.29, 0.717) is 0 Å². The lowest BCUT2D eigenvalue weighted by atomic mass is 10.2. The molecule has 0 spiro atoms. The number of carbonyl (C=O) groups is 3. The van der Waals surface area contributed by atoms with Crippen LogP contribution in [-0.4, -0.2) is 45.2 Å². The summed E-state index contributed by atoms with van der Waals surface area (Å²) < 4.78 is 10.2. The van der Waals surface area contributed by atoms with Gasteiger partial charge in [-0.3, -0.25) is 9.59 Å². The largest absolute Gasteiger partial charge is 0.515 e. The highest BCUT2D eigenvalue weighted by molar-refractivity contribution is 7.39. The smallest absolute Gasteiger partial charge is 0.481 e. The first-order chi connectivity index (χ1) is 6.82. The van der Waals surface area contributed by atoms with Gasteiger partial charge in [0.2, 0.25) is 0 Å². The van der Waals surface area contributed by atoms with Gasteiger partial charge >= 0.3 is 20.0 Å². The van der Waals surface area contributed by atoms with Gasteiger partial charge in [-0.1, -0.05) is 0 Å². The number of rotatable bonds is 6. The summed E-state index contributed by atoms with van der Waals surface area (Å²) >= 11 is 0. The minimum absolute atomic E-state index is 0.751. The lowest BCUT2D eigenvalue weighted by Gasteiger charge is -2.09. The average molecular weight is 238 g/mol. The van der Waals surface area contributed by atoms with Gasteiger partial charge in [-0.2, -0.15) is 4.89 Å². The molecule has 0 aromatic carbocycles. The minimum Gasteiger partial charge on any atom is -0.481 e. The molecule has 0 aliphatic carbocycles. The molecule has 15 heavy (non-hydrogen) atoms. The molecule has 84 valence electrons. The molecule has 0 fully saturated rings. The van der Waals surface area contributed by atoms with E-state index < -0.39 is 44.5 Å². The lowest BCUT2D eigenvalue weighted by molar-refractivity contribution is -0.147. The summed E-state index contributed by atoms with van der Waals surface area (Å²) in [7, 11) is -2.71. The van der Waals surface area contributed by atoms with Crippen molar-refractivity contribution >= 4 is 25.9 Å².